The van der Waals surface area contributed by atoms with Gasteiger partial charge in [0.1, 0.15) is 0 Å². The molecule has 4 rings (SSSR count). The summed E-state index contributed by atoms with van der Waals surface area (Å²) < 4.78 is 0. The average Bonchev–Trinajstić information content (AvgIpc) is 3.23. The molecule has 0 saturated heterocycles. The van der Waals surface area contributed by atoms with Crippen LogP contribution in [0.25, 0.3) is 0 Å². The summed E-state index contributed by atoms with van der Waals surface area (Å²) in [5.41, 5.74) is 2.96. The lowest BCUT2D eigenvalue weighted by Gasteiger charge is -2.37. The molecule has 4 nitrogen and oxygen atoms in total. The predicted octanol–water partition coefficient (Wildman–Crippen LogP) is 4.43. The van der Waals surface area contributed by atoms with Crippen molar-refractivity contribution in [2.45, 2.75) is 31.8 Å². The topological polar surface area (TPSA) is 49.4 Å². The molecule has 0 aliphatic carbocycles. The largest absolute Gasteiger partial charge is 0.349 e. The lowest BCUT2D eigenvalue weighted by atomic mass is 9.92. The van der Waals surface area contributed by atoms with Gasteiger partial charge < -0.3 is 10.2 Å². The van der Waals surface area contributed by atoms with Gasteiger partial charge in [-0.15, -0.1) is 11.3 Å². The first-order chi connectivity index (χ1) is 14.1. The molecular formula is C24H24N2O2S. The van der Waals surface area contributed by atoms with Crippen molar-refractivity contribution < 1.29 is 9.59 Å². The third-order valence-corrected chi connectivity index (χ3v) is 6.29. The first kappa shape index (κ1) is 19.4. The number of nitrogens with zero attached hydrogens (tertiary/aromatic N) is 1. The first-order valence-electron chi connectivity index (χ1n) is 9.90. The van der Waals surface area contributed by atoms with Gasteiger partial charge in [0.15, 0.2) is 0 Å². The van der Waals surface area contributed by atoms with E-state index in [9.17, 15) is 9.59 Å². The molecule has 1 aliphatic rings. The number of carbonyl (C=O) groups excluding carboxylic acids is 2. The van der Waals surface area contributed by atoms with Gasteiger partial charge in [0.25, 0.3) is 5.91 Å². The lowest BCUT2D eigenvalue weighted by Crippen LogP contribution is -2.43. The highest BCUT2D eigenvalue weighted by Crippen LogP contribution is 2.38. The Kier molecular flexibility index (Phi) is 5.76. The summed E-state index contributed by atoms with van der Waals surface area (Å²) in [6.07, 6.45) is 1.16. The zero-order chi connectivity index (χ0) is 20.2. The van der Waals surface area contributed by atoms with Crippen molar-refractivity contribution in [2.75, 3.05) is 6.54 Å². The second kappa shape index (κ2) is 8.62. The van der Waals surface area contributed by atoms with E-state index in [0.29, 0.717) is 12.1 Å². The third-order valence-electron chi connectivity index (χ3n) is 5.30. The molecule has 1 aromatic heterocycles. The van der Waals surface area contributed by atoms with Crippen LogP contribution >= 0.6 is 11.3 Å². The minimum atomic E-state index is -0.240. The number of nitrogens with one attached hydrogen (secondary N) is 1. The average molecular weight is 405 g/mol. The summed E-state index contributed by atoms with van der Waals surface area (Å²) in [7, 11) is 0. The fourth-order valence-corrected chi connectivity index (χ4v) is 4.81. The van der Waals surface area contributed by atoms with E-state index in [2.05, 4.69) is 28.9 Å². The molecule has 2 heterocycles. The lowest BCUT2D eigenvalue weighted by molar-refractivity contribution is -0.133. The number of hydrogen-bond acceptors (Lipinski definition) is 3. The van der Waals surface area contributed by atoms with Crippen molar-refractivity contribution >= 4 is 23.2 Å². The van der Waals surface area contributed by atoms with Crippen LogP contribution in [0.4, 0.5) is 0 Å². The number of carbonyl (C=O) groups is 2. The molecule has 5 heteroatoms. The van der Waals surface area contributed by atoms with E-state index < -0.39 is 0 Å². The Morgan fingerprint density at radius 3 is 2.48 bits per heavy atom. The Bertz CT molecular complexity index is 984. The molecule has 0 spiro atoms. The van der Waals surface area contributed by atoms with E-state index in [1.54, 1.807) is 23.5 Å². The standard InChI is InChI=1S/C24H24N2O2S/c1-17(25-24(28)19-10-6-3-7-11-19)16-22(27)26-14-12-21-20(13-15-29-21)23(26)18-8-4-2-5-9-18/h2-11,13,15,17,23H,12,14,16H2,1H3,(H,25,28)/t17-,23+/m0/s1. The molecule has 2 atom stereocenters. The van der Waals surface area contributed by atoms with Gasteiger partial charge >= 0.3 is 0 Å². The number of hydrogen-bond donors (Lipinski definition) is 1. The monoisotopic (exact) mass is 404 g/mol. The minimum absolute atomic E-state index is 0.0595. The smallest absolute Gasteiger partial charge is 0.251 e. The second-order valence-corrected chi connectivity index (χ2v) is 8.39. The molecule has 2 aromatic carbocycles. The molecule has 3 aromatic rings. The summed E-state index contributed by atoms with van der Waals surface area (Å²) in [5, 5.41) is 5.06. The summed E-state index contributed by atoms with van der Waals surface area (Å²) in [6, 6.07) is 21.1. The number of amides is 2. The molecular weight excluding hydrogens is 380 g/mol. The van der Waals surface area contributed by atoms with Crippen molar-refractivity contribution in [2.24, 2.45) is 0 Å². The minimum Gasteiger partial charge on any atom is -0.349 e. The number of rotatable bonds is 5. The molecule has 0 saturated carbocycles. The van der Waals surface area contributed by atoms with Crippen molar-refractivity contribution in [3.05, 3.63) is 93.7 Å². The van der Waals surface area contributed by atoms with Crippen LogP contribution < -0.4 is 5.32 Å². The molecule has 0 fully saturated rings. The molecule has 1 aliphatic heterocycles. The maximum Gasteiger partial charge on any atom is 0.251 e. The van der Waals surface area contributed by atoms with Crippen molar-refractivity contribution in [3.8, 4) is 0 Å². The van der Waals surface area contributed by atoms with Crippen molar-refractivity contribution in [1.82, 2.24) is 10.2 Å². The Morgan fingerprint density at radius 1 is 1.07 bits per heavy atom. The predicted molar refractivity (Wildman–Crippen MR) is 116 cm³/mol. The van der Waals surface area contributed by atoms with Crippen LogP contribution in [0.2, 0.25) is 0 Å². The van der Waals surface area contributed by atoms with E-state index in [0.717, 1.165) is 12.0 Å². The number of thiophene rings is 1. The fraction of sp³-hybridized carbons (Fsp3) is 0.250. The number of fused-ring (bicyclic) bond motifs is 1. The summed E-state index contributed by atoms with van der Waals surface area (Å²) in [4.78, 5) is 28.9. The first-order valence-corrected chi connectivity index (χ1v) is 10.8. The normalized spacial score (nSPS) is 16.7. The maximum absolute atomic E-state index is 13.2. The molecule has 148 valence electrons. The van der Waals surface area contributed by atoms with Crippen molar-refractivity contribution in [1.29, 1.82) is 0 Å². The van der Waals surface area contributed by atoms with Gasteiger partial charge in [-0.1, -0.05) is 48.5 Å². The van der Waals surface area contributed by atoms with Gasteiger partial charge in [-0.3, -0.25) is 9.59 Å². The van der Waals surface area contributed by atoms with Crippen LogP contribution in [0.5, 0.6) is 0 Å². The van der Waals surface area contributed by atoms with Gasteiger partial charge in [-0.05, 0) is 48.1 Å². The highest BCUT2D eigenvalue weighted by atomic mass is 32.1. The third kappa shape index (κ3) is 4.25. The molecule has 2 amide bonds. The quantitative estimate of drug-likeness (QED) is 0.684. The molecule has 1 N–H and O–H groups in total. The zero-order valence-corrected chi connectivity index (χ0v) is 17.2. The summed E-state index contributed by atoms with van der Waals surface area (Å²) >= 11 is 1.76. The van der Waals surface area contributed by atoms with E-state index in [1.807, 2.05) is 48.2 Å². The van der Waals surface area contributed by atoms with E-state index in [-0.39, 0.29) is 30.3 Å². The van der Waals surface area contributed by atoms with Gasteiger partial charge in [0.05, 0.1) is 6.04 Å². The Hall–Kier alpha value is -2.92. The van der Waals surface area contributed by atoms with E-state index in [4.69, 9.17) is 0 Å². The molecule has 29 heavy (non-hydrogen) atoms. The van der Waals surface area contributed by atoms with E-state index >= 15 is 0 Å². The zero-order valence-electron chi connectivity index (χ0n) is 16.4. The molecule has 0 bridgehead atoms. The SMILES string of the molecule is C[C@@H](CC(=O)N1CCc2sccc2[C@H]1c1ccccc1)NC(=O)c1ccccc1. The Morgan fingerprint density at radius 2 is 1.76 bits per heavy atom. The molecule has 0 radical (unpaired) electrons. The highest BCUT2D eigenvalue weighted by molar-refractivity contribution is 7.10. The van der Waals surface area contributed by atoms with Crippen LogP contribution in [0.3, 0.4) is 0 Å². The highest BCUT2D eigenvalue weighted by Gasteiger charge is 2.33. The second-order valence-electron chi connectivity index (χ2n) is 7.39. The van der Waals surface area contributed by atoms with Crippen molar-refractivity contribution in [3.63, 3.8) is 0 Å². The van der Waals surface area contributed by atoms with Gasteiger partial charge in [-0.2, -0.15) is 0 Å². The maximum atomic E-state index is 13.2. The number of benzene rings is 2. The van der Waals surface area contributed by atoms with Crippen LogP contribution in [-0.4, -0.2) is 29.3 Å². The summed E-state index contributed by atoms with van der Waals surface area (Å²) in [5.74, 6) is -0.0826. The van der Waals surface area contributed by atoms with Crippen LogP contribution in [0.1, 0.15) is 45.7 Å². The Labute approximate surface area is 175 Å². The van der Waals surface area contributed by atoms with Gasteiger partial charge in [0, 0.05) is 29.4 Å². The van der Waals surface area contributed by atoms with Crippen LogP contribution in [-0.2, 0) is 11.2 Å². The molecule has 0 unspecified atom stereocenters. The fourth-order valence-electron chi connectivity index (χ4n) is 3.91. The van der Waals surface area contributed by atoms with Gasteiger partial charge in [0.2, 0.25) is 5.91 Å². The van der Waals surface area contributed by atoms with E-state index in [1.165, 1.54) is 10.4 Å². The summed E-state index contributed by atoms with van der Waals surface area (Å²) in [6.45, 7) is 2.58. The van der Waals surface area contributed by atoms with Gasteiger partial charge in [-0.25, -0.2) is 0 Å². The van der Waals surface area contributed by atoms with Crippen LogP contribution in [0, 0.1) is 0 Å². The Balaban J connectivity index is 1.49. The van der Waals surface area contributed by atoms with Crippen LogP contribution in [0.15, 0.2) is 72.1 Å².